The highest BCUT2D eigenvalue weighted by Crippen LogP contribution is 2.32. The molecule has 1 saturated heterocycles. The first-order chi connectivity index (χ1) is 16.1. The summed E-state index contributed by atoms with van der Waals surface area (Å²) in [7, 11) is 0. The molecule has 33 heavy (non-hydrogen) atoms. The first-order valence-corrected chi connectivity index (χ1v) is 11.7. The topological polar surface area (TPSA) is 50.6 Å². The number of hydrogen-bond donors (Lipinski definition) is 0. The molecule has 7 heteroatoms. The van der Waals surface area contributed by atoms with Crippen molar-refractivity contribution in [2.45, 2.75) is 33.1 Å². The van der Waals surface area contributed by atoms with Crippen LogP contribution in [0.15, 0.2) is 54.6 Å². The maximum Gasteiger partial charge on any atom is 0.226 e. The van der Waals surface area contributed by atoms with Crippen molar-refractivity contribution in [1.29, 1.82) is 0 Å². The van der Waals surface area contributed by atoms with Crippen LogP contribution in [0.3, 0.4) is 0 Å². The Hall–Kier alpha value is -3.19. The summed E-state index contributed by atoms with van der Waals surface area (Å²) >= 11 is 0. The summed E-state index contributed by atoms with van der Waals surface area (Å²) in [5, 5.41) is 4.77. The van der Waals surface area contributed by atoms with E-state index in [1.807, 2.05) is 42.2 Å². The van der Waals surface area contributed by atoms with E-state index < -0.39 is 0 Å². The van der Waals surface area contributed by atoms with Crippen LogP contribution in [0.1, 0.15) is 31.5 Å². The van der Waals surface area contributed by atoms with Gasteiger partial charge in [0.2, 0.25) is 11.8 Å². The molecule has 0 unspecified atom stereocenters. The van der Waals surface area contributed by atoms with Crippen LogP contribution in [0, 0.1) is 5.82 Å². The number of amides is 1. The quantitative estimate of drug-likeness (QED) is 0.508. The molecular formula is C26H31FN4O2. The van der Waals surface area contributed by atoms with Gasteiger partial charge < -0.3 is 14.5 Å². The minimum absolute atomic E-state index is 0.160. The highest BCUT2D eigenvalue weighted by atomic mass is 19.1. The van der Waals surface area contributed by atoms with Gasteiger partial charge in [-0.15, -0.1) is 0 Å². The average Bonchev–Trinajstić information content (AvgIpc) is 3.20. The lowest BCUT2D eigenvalue weighted by atomic mass is 10.1. The first kappa shape index (κ1) is 23.0. The summed E-state index contributed by atoms with van der Waals surface area (Å²) in [5.74, 6) is 1.12. The molecule has 1 aliphatic heterocycles. The number of aryl methyl sites for hydroxylation is 1. The molecule has 0 atom stereocenters. The van der Waals surface area contributed by atoms with E-state index in [0.717, 1.165) is 44.0 Å². The third-order valence-corrected chi connectivity index (χ3v) is 6.14. The van der Waals surface area contributed by atoms with Crippen molar-refractivity contribution in [1.82, 2.24) is 19.6 Å². The van der Waals surface area contributed by atoms with Gasteiger partial charge in [-0.25, -0.2) is 9.07 Å². The van der Waals surface area contributed by atoms with Crippen molar-refractivity contribution in [3.63, 3.8) is 0 Å². The molecule has 2 heterocycles. The number of para-hydroxylation sites is 1. The number of carbonyl (C=O) groups is 1. The lowest BCUT2D eigenvalue weighted by molar-refractivity contribution is -0.132. The number of hydrogen-bond acceptors (Lipinski definition) is 4. The van der Waals surface area contributed by atoms with Crippen LogP contribution in [0.5, 0.6) is 11.6 Å². The van der Waals surface area contributed by atoms with E-state index in [1.165, 1.54) is 12.1 Å². The highest BCUT2D eigenvalue weighted by molar-refractivity contribution is 5.76. The van der Waals surface area contributed by atoms with Gasteiger partial charge in [0.05, 0.1) is 11.4 Å². The number of halogens is 1. The molecule has 0 spiro atoms. The maximum absolute atomic E-state index is 13.5. The van der Waals surface area contributed by atoms with E-state index in [-0.39, 0.29) is 11.7 Å². The van der Waals surface area contributed by atoms with Gasteiger partial charge >= 0.3 is 0 Å². The molecule has 1 aromatic heterocycles. The lowest BCUT2D eigenvalue weighted by Crippen LogP contribution is -2.48. The molecule has 0 saturated carbocycles. The predicted octanol–water partition coefficient (Wildman–Crippen LogP) is 4.46. The van der Waals surface area contributed by atoms with E-state index in [0.29, 0.717) is 36.6 Å². The van der Waals surface area contributed by atoms with Crippen molar-refractivity contribution in [3.05, 3.63) is 71.7 Å². The van der Waals surface area contributed by atoms with Gasteiger partial charge in [-0.2, -0.15) is 5.10 Å². The molecule has 2 aromatic carbocycles. The molecule has 0 aliphatic carbocycles. The number of likely N-dealkylation sites (N-methyl/N-ethyl adjacent to an activating group) is 1. The summed E-state index contributed by atoms with van der Waals surface area (Å²) in [6.45, 7) is 8.60. The predicted molar refractivity (Wildman–Crippen MR) is 126 cm³/mol. The number of aromatic nitrogens is 2. The molecular weight excluding hydrogens is 419 g/mol. The van der Waals surface area contributed by atoms with Crippen LogP contribution in [-0.4, -0.2) is 58.2 Å². The minimum Gasteiger partial charge on any atom is -0.439 e. The van der Waals surface area contributed by atoms with E-state index >= 15 is 0 Å². The molecule has 1 fully saturated rings. The minimum atomic E-state index is -0.305. The SMILES string of the molecule is CCc1nn(-c2ccc(F)cc2)c(Oc2ccccc2)c1CCC(=O)N1CCN(CC)CC1. The van der Waals surface area contributed by atoms with E-state index in [1.54, 1.807) is 16.8 Å². The zero-order chi connectivity index (χ0) is 23.2. The summed E-state index contributed by atoms with van der Waals surface area (Å²) in [5.41, 5.74) is 2.52. The van der Waals surface area contributed by atoms with Gasteiger partial charge in [-0.05, 0) is 55.8 Å². The summed E-state index contributed by atoms with van der Waals surface area (Å²) in [6, 6.07) is 15.7. The maximum atomic E-state index is 13.5. The van der Waals surface area contributed by atoms with E-state index in [2.05, 4.69) is 11.8 Å². The van der Waals surface area contributed by atoms with Crippen LogP contribution in [-0.2, 0) is 17.6 Å². The fourth-order valence-corrected chi connectivity index (χ4v) is 4.18. The molecule has 3 aromatic rings. The molecule has 1 aliphatic rings. The molecule has 4 rings (SSSR count). The number of rotatable bonds is 8. The van der Waals surface area contributed by atoms with Crippen molar-refractivity contribution >= 4 is 5.91 Å². The van der Waals surface area contributed by atoms with Gasteiger partial charge in [0, 0.05) is 38.2 Å². The fraction of sp³-hybridized carbons (Fsp3) is 0.385. The molecule has 0 bridgehead atoms. The average molecular weight is 451 g/mol. The van der Waals surface area contributed by atoms with Gasteiger partial charge in [-0.1, -0.05) is 32.0 Å². The summed E-state index contributed by atoms with van der Waals surface area (Å²) in [4.78, 5) is 17.3. The Bertz CT molecular complexity index is 1060. The standard InChI is InChI=1S/C26H31FN4O2/c1-3-24-23(14-15-25(32)30-18-16-29(4-2)17-19-30)26(33-22-8-6-5-7-9-22)31(28-24)21-12-10-20(27)11-13-21/h5-13H,3-4,14-19H2,1-2H3. The second-order valence-corrected chi connectivity index (χ2v) is 8.20. The second kappa shape index (κ2) is 10.6. The van der Waals surface area contributed by atoms with E-state index in [4.69, 9.17) is 9.84 Å². The second-order valence-electron chi connectivity index (χ2n) is 8.20. The summed E-state index contributed by atoms with van der Waals surface area (Å²) < 4.78 is 21.5. The highest BCUT2D eigenvalue weighted by Gasteiger charge is 2.24. The molecule has 6 nitrogen and oxygen atoms in total. The van der Waals surface area contributed by atoms with Gasteiger partial charge in [-0.3, -0.25) is 4.79 Å². The van der Waals surface area contributed by atoms with Crippen LogP contribution in [0.4, 0.5) is 4.39 Å². The Morgan fingerprint density at radius 1 is 1.00 bits per heavy atom. The van der Waals surface area contributed by atoms with Crippen LogP contribution >= 0.6 is 0 Å². The molecule has 0 radical (unpaired) electrons. The smallest absolute Gasteiger partial charge is 0.226 e. The first-order valence-electron chi connectivity index (χ1n) is 11.7. The van der Waals surface area contributed by atoms with Crippen LogP contribution in [0.2, 0.25) is 0 Å². The summed E-state index contributed by atoms with van der Waals surface area (Å²) in [6.07, 6.45) is 1.65. The third-order valence-electron chi connectivity index (χ3n) is 6.14. The van der Waals surface area contributed by atoms with Crippen molar-refractivity contribution in [2.24, 2.45) is 0 Å². The Morgan fingerprint density at radius 2 is 1.70 bits per heavy atom. The number of ether oxygens (including phenoxy) is 1. The van der Waals surface area contributed by atoms with Gasteiger partial charge in [0.15, 0.2) is 0 Å². The van der Waals surface area contributed by atoms with Crippen LogP contribution < -0.4 is 4.74 Å². The molecule has 0 N–H and O–H groups in total. The normalized spacial score (nSPS) is 14.5. The number of carbonyl (C=O) groups excluding carboxylic acids is 1. The van der Waals surface area contributed by atoms with Gasteiger partial charge in [0.25, 0.3) is 0 Å². The van der Waals surface area contributed by atoms with Crippen molar-refractivity contribution in [2.75, 3.05) is 32.7 Å². The number of benzene rings is 2. The fourth-order valence-electron chi connectivity index (χ4n) is 4.18. The van der Waals surface area contributed by atoms with E-state index in [9.17, 15) is 9.18 Å². The molecule has 1 amide bonds. The number of nitrogens with zero attached hydrogens (tertiary/aromatic N) is 4. The monoisotopic (exact) mass is 450 g/mol. The Morgan fingerprint density at radius 3 is 2.33 bits per heavy atom. The van der Waals surface area contributed by atoms with Crippen molar-refractivity contribution < 1.29 is 13.9 Å². The Labute approximate surface area is 194 Å². The lowest BCUT2D eigenvalue weighted by Gasteiger charge is -2.34. The van der Waals surface area contributed by atoms with Crippen LogP contribution in [0.25, 0.3) is 5.69 Å². The molecule has 174 valence electrons. The zero-order valence-electron chi connectivity index (χ0n) is 19.3. The van der Waals surface area contributed by atoms with Gasteiger partial charge in [0.1, 0.15) is 11.6 Å². The third kappa shape index (κ3) is 5.42. The Kier molecular flexibility index (Phi) is 7.40. The largest absolute Gasteiger partial charge is 0.439 e. The Balaban J connectivity index is 1.60. The van der Waals surface area contributed by atoms with Crippen molar-refractivity contribution in [3.8, 4) is 17.3 Å². The number of piperazine rings is 1. The zero-order valence-corrected chi connectivity index (χ0v) is 19.3.